The predicted octanol–water partition coefficient (Wildman–Crippen LogP) is 3.05. The zero-order valence-corrected chi connectivity index (χ0v) is 13.8. The highest BCUT2D eigenvalue weighted by atomic mass is 16.2. The Labute approximate surface area is 141 Å². The van der Waals surface area contributed by atoms with E-state index in [9.17, 15) is 9.59 Å². The Morgan fingerprint density at radius 2 is 1.71 bits per heavy atom. The van der Waals surface area contributed by atoms with Crippen LogP contribution in [-0.2, 0) is 6.42 Å². The third-order valence-electron chi connectivity index (χ3n) is 3.90. The molecule has 124 valence electrons. The quantitative estimate of drug-likeness (QED) is 0.810. The fourth-order valence-electron chi connectivity index (χ4n) is 2.70. The summed E-state index contributed by atoms with van der Waals surface area (Å²) >= 11 is 0. The molecule has 2 aromatic carbocycles. The summed E-state index contributed by atoms with van der Waals surface area (Å²) < 4.78 is 0. The Balaban J connectivity index is 1.67. The number of carbonyl (C=O) groups is 2. The lowest BCUT2D eigenvalue weighted by atomic mass is 10.1. The van der Waals surface area contributed by atoms with Crippen LogP contribution in [0.15, 0.2) is 42.5 Å². The van der Waals surface area contributed by atoms with Crippen molar-refractivity contribution in [3.8, 4) is 0 Å². The van der Waals surface area contributed by atoms with Crippen molar-refractivity contribution in [2.75, 3.05) is 17.2 Å². The van der Waals surface area contributed by atoms with Crippen LogP contribution in [0.1, 0.15) is 40.1 Å². The van der Waals surface area contributed by atoms with E-state index in [1.165, 1.54) is 5.56 Å². The molecule has 2 aromatic rings. The number of carbonyl (C=O) groups excluding carboxylic acids is 2. The standard InChI is InChI=1S/C19H21N3O2/c1-12(2)21-18(23)13-3-6-16(7-4-13)22-19(24)15-5-8-17-14(11-15)9-10-20-17/h3-8,11-12,20H,9-10H2,1-2H3,(H,21,23)(H,22,24). The number of rotatable bonds is 4. The average molecular weight is 323 g/mol. The molecule has 1 aliphatic rings. The first-order chi connectivity index (χ1) is 11.5. The van der Waals surface area contributed by atoms with Crippen molar-refractivity contribution in [3.63, 3.8) is 0 Å². The van der Waals surface area contributed by atoms with Crippen LogP contribution < -0.4 is 16.0 Å². The number of hydrogen-bond donors (Lipinski definition) is 3. The highest BCUT2D eigenvalue weighted by Crippen LogP contribution is 2.23. The van der Waals surface area contributed by atoms with Crippen LogP contribution in [0.5, 0.6) is 0 Å². The lowest BCUT2D eigenvalue weighted by Crippen LogP contribution is -2.30. The molecule has 0 fully saturated rings. The normalized spacial score (nSPS) is 12.5. The van der Waals surface area contributed by atoms with Crippen LogP contribution in [0.3, 0.4) is 0 Å². The van der Waals surface area contributed by atoms with Gasteiger partial charge in [-0.1, -0.05) is 0 Å². The van der Waals surface area contributed by atoms with E-state index in [1.54, 1.807) is 24.3 Å². The maximum atomic E-state index is 12.4. The fourth-order valence-corrected chi connectivity index (χ4v) is 2.70. The summed E-state index contributed by atoms with van der Waals surface area (Å²) in [6, 6.07) is 12.7. The van der Waals surface area contributed by atoms with Gasteiger partial charge in [-0.2, -0.15) is 0 Å². The Hall–Kier alpha value is -2.82. The summed E-state index contributed by atoms with van der Waals surface area (Å²) in [5, 5.41) is 8.98. The molecule has 24 heavy (non-hydrogen) atoms. The van der Waals surface area contributed by atoms with E-state index < -0.39 is 0 Å². The fraction of sp³-hybridized carbons (Fsp3) is 0.263. The SMILES string of the molecule is CC(C)NC(=O)c1ccc(NC(=O)c2ccc3c(c2)CCN3)cc1. The van der Waals surface area contributed by atoms with Crippen molar-refractivity contribution >= 4 is 23.2 Å². The van der Waals surface area contributed by atoms with Crippen molar-refractivity contribution in [2.45, 2.75) is 26.3 Å². The van der Waals surface area contributed by atoms with Gasteiger partial charge >= 0.3 is 0 Å². The highest BCUT2D eigenvalue weighted by Gasteiger charge is 2.14. The van der Waals surface area contributed by atoms with Gasteiger partial charge < -0.3 is 16.0 Å². The summed E-state index contributed by atoms with van der Waals surface area (Å²) in [5.41, 5.74) is 4.15. The molecule has 5 nitrogen and oxygen atoms in total. The molecule has 3 rings (SSSR count). The van der Waals surface area contributed by atoms with Gasteiger partial charge in [0.15, 0.2) is 0 Å². The smallest absolute Gasteiger partial charge is 0.255 e. The van der Waals surface area contributed by atoms with Gasteiger partial charge in [0.25, 0.3) is 11.8 Å². The third kappa shape index (κ3) is 3.56. The van der Waals surface area contributed by atoms with Gasteiger partial charge in [0.1, 0.15) is 0 Å². The molecule has 0 saturated heterocycles. The van der Waals surface area contributed by atoms with Gasteiger partial charge in [0, 0.05) is 35.1 Å². The van der Waals surface area contributed by atoms with Crippen molar-refractivity contribution in [1.82, 2.24) is 5.32 Å². The van der Waals surface area contributed by atoms with Gasteiger partial charge in [-0.25, -0.2) is 0 Å². The maximum Gasteiger partial charge on any atom is 0.255 e. The summed E-state index contributed by atoms with van der Waals surface area (Å²) in [6.07, 6.45) is 0.941. The monoisotopic (exact) mass is 323 g/mol. The molecule has 0 unspecified atom stereocenters. The highest BCUT2D eigenvalue weighted by molar-refractivity contribution is 6.05. The van der Waals surface area contributed by atoms with E-state index >= 15 is 0 Å². The Kier molecular flexibility index (Phi) is 4.51. The van der Waals surface area contributed by atoms with Crippen LogP contribution in [-0.4, -0.2) is 24.4 Å². The van der Waals surface area contributed by atoms with E-state index in [1.807, 2.05) is 32.0 Å². The van der Waals surface area contributed by atoms with E-state index in [0.29, 0.717) is 16.8 Å². The number of amides is 2. The first kappa shape index (κ1) is 16.1. The van der Waals surface area contributed by atoms with Gasteiger partial charge in [-0.3, -0.25) is 9.59 Å². The molecule has 5 heteroatoms. The zero-order valence-electron chi connectivity index (χ0n) is 13.8. The molecule has 0 spiro atoms. The van der Waals surface area contributed by atoms with Crippen LogP contribution in [0.4, 0.5) is 11.4 Å². The topological polar surface area (TPSA) is 70.2 Å². The molecular weight excluding hydrogens is 302 g/mol. The lowest BCUT2D eigenvalue weighted by Gasteiger charge is -2.10. The first-order valence-electron chi connectivity index (χ1n) is 8.12. The minimum absolute atomic E-state index is 0.0891. The van der Waals surface area contributed by atoms with Gasteiger partial charge in [-0.05, 0) is 68.3 Å². The van der Waals surface area contributed by atoms with Crippen LogP contribution in [0.25, 0.3) is 0 Å². The maximum absolute atomic E-state index is 12.4. The third-order valence-corrected chi connectivity index (χ3v) is 3.90. The van der Waals surface area contributed by atoms with Gasteiger partial charge in [-0.15, -0.1) is 0 Å². The number of fused-ring (bicyclic) bond motifs is 1. The van der Waals surface area contributed by atoms with Crippen LogP contribution in [0, 0.1) is 0 Å². The minimum Gasteiger partial charge on any atom is -0.384 e. The van der Waals surface area contributed by atoms with Crippen molar-refractivity contribution in [2.24, 2.45) is 0 Å². The molecule has 0 atom stereocenters. The summed E-state index contributed by atoms with van der Waals surface area (Å²) in [5.74, 6) is -0.266. The molecule has 0 saturated carbocycles. The Morgan fingerprint density at radius 3 is 2.42 bits per heavy atom. The number of nitrogens with one attached hydrogen (secondary N) is 3. The summed E-state index contributed by atoms with van der Waals surface area (Å²) in [7, 11) is 0. The number of anilines is 2. The second kappa shape index (κ2) is 6.74. The molecule has 0 aromatic heterocycles. The number of hydrogen-bond acceptors (Lipinski definition) is 3. The van der Waals surface area contributed by atoms with E-state index in [0.717, 1.165) is 18.7 Å². The Morgan fingerprint density at radius 1 is 1.00 bits per heavy atom. The second-order valence-electron chi connectivity index (χ2n) is 6.21. The number of benzene rings is 2. The second-order valence-corrected chi connectivity index (χ2v) is 6.21. The summed E-state index contributed by atoms with van der Waals surface area (Å²) in [6.45, 7) is 4.75. The zero-order chi connectivity index (χ0) is 17.1. The molecular formula is C19H21N3O2. The van der Waals surface area contributed by atoms with Crippen molar-refractivity contribution in [3.05, 3.63) is 59.2 Å². The average Bonchev–Trinajstić information content (AvgIpc) is 3.02. The molecule has 0 aliphatic carbocycles. The van der Waals surface area contributed by atoms with Crippen LogP contribution >= 0.6 is 0 Å². The van der Waals surface area contributed by atoms with Crippen molar-refractivity contribution in [1.29, 1.82) is 0 Å². The minimum atomic E-state index is -0.149. The predicted molar refractivity (Wildman–Crippen MR) is 95.6 cm³/mol. The largest absolute Gasteiger partial charge is 0.384 e. The van der Waals surface area contributed by atoms with E-state index in [4.69, 9.17) is 0 Å². The first-order valence-corrected chi connectivity index (χ1v) is 8.12. The molecule has 2 amide bonds. The van der Waals surface area contributed by atoms with Gasteiger partial charge in [0.05, 0.1) is 0 Å². The molecule has 0 bridgehead atoms. The lowest BCUT2D eigenvalue weighted by molar-refractivity contribution is 0.0942. The molecule has 1 heterocycles. The molecule has 1 aliphatic heterocycles. The summed E-state index contributed by atoms with van der Waals surface area (Å²) in [4.78, 5) is 24.3. The van der Waals surface area contributed by atoms with Crippen LogP contribution in [0.2, 0.25) is 0 Å². The van der Waals surface area contributed by atoms with Gasteiger partial charge in [0.2, 0.25) is 0 Å². The van der Waals surface area contributed by atoms with E-state index in [-0.39, 0.29) is 17.9 Å². The van der Waals surface area contributed by atoms with E-state index in [2.05, 4.69) is 16.0 Å². The van der Waals surface area contributed by atoms with Crippen molar-refractivity contribution < 1.29 is 9.59 Å². The molecule has 3 N–H and O–H groups in total. The Bertz CT molecular complexity index is 767. The molecule has 0 radical (unpaired) electrons.